The number of halogens is 2. The summed E-state index contributed by atoms with van der Waals surface area (Å²) in [6.45, 7) is 2.01. The second-order valence-electron chi connectivity index (χ2n) is 4.07. The lowest BCUT2D eigenvalue weighted by atomic mass is 10.2. The van der Waals surface area contributed by atoms with Crippen molar-refractivity contribution in [2.75, 3.05) is 13.1 Å². The van der Waals surface area contributed by atoms with Gasteiger partial charge >= 0.3 is 0 Å². The van der Waals surface area contributed by atoms with Gasteiger partial charge in [0.05, 0.1) is 11.1 Å². The van der Waals surface area contributed by atoms with Crippen molar-refractivity contribution in [3.05, 3.63) is 27.7 Å². The van der Waals surface area contributed by atoms with Crippen LogP contribution in [0.3, 0.4) is 0 Å². The Morgan fingerprint density at radius 2 is 2.12 bits per heavy atom. The molecule has 2 rings (SSSR count). The van der Waals surface area contributed by atoms with Crippen molar-refractivity contribution in [1.82, 2.24) is 4.90 Å². The van der Waals surface area contributed by atoms with E-state index in [0.717, 1.165) is 13.0 Å². The highest BCUT2D eigenvalue weighted by Gasteiger charge is 2.21. The number of aromatic hydroxyl groups is 1. The van der Waals surface area contributed by atoms with Gasteiger partial charge in [0.25, 0.3) is 0 Å². The van der Waals surface area contributed by atoms with Gasteiger partial charge in [-0.1, -0.05) is 23.2 Å². The molecule has 88 valence electrons. The topological polar surface area (TPSA) is 43.7 Å². The molecule has 0 amide bonds. The van der Waals surface area contributed by atoms with E-state index in [9.17, 15) is 10.2 Å². The zero-order valence-electron chi connectivity index (χ0n) is 8.66. The van der Waals surface area contributed by atoms with Crippen molar-refractivity contribution in [2.24, 2.45) is 0 Å². The number of benzene rings is 1. The lowest BCUT2D eigenvalue weighted by Gasteiger charge is -2.16. The maximum Gasteiger partial charge on any atom is 0.138 e. The van der Waals surface area contributed by atoms with Gasteiger partial charge in [-0.25, -0.2) is 0 Å². The molecular weight excluding hydrogens is 249 g/mol. The van der Waals surface area contributed by atoms with Crippen molar-refractivity contribution in [1.29, 1.82) is 0 Å². The van der Waals surface area contributed by atoms with Gasteiger partial charge in [-0.2, -0.15) is 0 Å². The van der Waals surface area contributed by atoms with Crippen LogP contribution in [0, 0.1) is 0 Å². The van der Waals surface area contributed by atoms with Crippen LogP contribution in [-0.2, 0) is 6.54 Å². The van der Waals surface area contributed by atoms with E-state index in [4.69, 9.17) is 23.2 Å². The van der Waals surface area contributed by atoms with Gasteiger partial charge in [0, 0.05) is 30.2 Å². The van der Waals surface area contributed by atoms with Gasteiger partial charge in [0.1, 0.15) is 5.75 Å². The van der Waals surface area contributed by atoms with Crippen molar-refractivity contribution < 1.29 is 10.2 Å². The average Bonchev–Trinajstić information content (AvgIpc) is 2.60. The highest BCUT2D eigenvalue weighted by atomic mass is 35.5. The molecule has 0 radical (unpaired) electrons. The minimum Gasteiger partial charge on any atom is -0.506 e. The van der Waals surface area contributed by atoms with E-state index in [2.05, 4.69) is 4.90 Å². The van der Waals surface area contributed by atoms with E-state index in [1.807, 2.05) is 0 Å². The molecule has 0 saturated carbocycles. The van der Waals surface area contributed by atoms with Crippen LogP contribution in [0.5, 0.6) is 5.75 Å². The molecule has 1 aromatic carbocycles. The third-order valence-corrected chi connectivity index (χ3v) is 3.25. The molecule has 0 unspecified atom stereocenters. The van der Waals surface area contributed by atoms with E-state index in [-0.39, 0.29) is 16.9 Å². The molecule has 1 saturated heterocycles. The van der Waals surface area contributed by atoms with Gasteiger partial charge in [0.2, 0.25) is 0 Å². The summed E-state index contributed by atoms with van der Waals surface area (Å²) in [6.07, 6.45) is 0.506. The molecule has 16 heavy (non-hydrogen) atoms. The summed E-state index contributed by atoms with van der Waals surface area (Å²) in [4.78, 5) is 2.06. The van der Waals surface area contributed by atoms with E-state index >= 15 is 0 Å². The number of phenolic OH excluding ortho intramolecular Hbond substituents is 1. The van der Waals surface area contributed by atoms with Crippen LogP contribution in [0.15, 0.2) is 12.1 Å². The van der Waals surface area contributed by atoms with E-state index in [0.29, 0.717) is 23.7 Å². The third-order valence-electron chi connectivity index (χ3n) is 2.75. The Labute approximate surface area is 104 Å². The second kappa shape index (κ2) is 4.80. The zero-order valence-corrected chi connectivity index (χ0v) is 10.2. The molecule has 1 aliphatic rings. The van der Waals surface area contributed by atoms with Crippen LogP contribution < -0.4 is 0 Å². The number of hydrogen-bond donors (Lipinski definition) is 2. The Kier molecular flexibility index (Phi) is 3.60. The van der Waals surface area contributed by atoms with E-state index < -0.39 is 0 Å². The maximum atomic E-state index is 9.77. The minimum atomic E-state index is -0.267. The van der Waals surface area contributed by atoms with Crippen molar-refractivity contribution in [3.8, 4) is 5.75 Å². The summed E-state index contributed by atoms with van der Waals surface area (Å²) < 4.78 is 0. The summed E-state index contributed by atoms with van der Waals surface area (Å²) in [5.41, 5.74) is 0.701. The first-order chi connectivity index (χ1) is 7.56. The van der Waals surface area contributed by atoms with Crippen molar-refractivity contribution >= 4 is 23.2 Å². The molecule has 1 aliphatic heterocycles. The molecule has 0 spiro atoms. The third kappa shape index (κ3) is 2.61. The smallest absolute Gasteiger partial charge is 0.138 e. The maximum absolute atomic E-state index is 9.77. The summed E-state index contributed by atoms with van der Waals surface area (Å²) >= 11 is 11.7. The minimum absolute atomic E-state index is 0.0763. The summed E-state index contributed by atoms with van der Waals surface area (Å²) in [5.74, 6) is 0.0763. The quantitative estimate of drug-likeness (QED) is 0.859. The van der Waals surface area contributed by atoms with Gasteiger partial charge in [-0.15, -0.1) is 0 Å². The molecule has 5 heteroatoms. The Hall–Kier alpha value is -0.480. The van der Waals surface area contributed by atoms with Crippen LogP contribution in [0.2, 0.25) is 10.0 Å². The Balaban J connectivity index is 2.15. The van der Waals surface area contributed by atoms with Crippen LogP contribution in [0.1, 0.15) is 12.0 Å². The first-order valence-corrected chi connectivity index (χ1v) is 5.89. The fourth-order valence-electron chi connectivity index (χ4n) is 1.94. The van der Waals surface area contributed by atoms with Gasteiger partial charge in [-0.3, -0.25) is 4.90 Å². The number of hydrogen-bond acceptors (Lipinski definition) is 3. The standard InChI is InChI=1S/C11H13Cl2NO2/c12-8-3-7(11(16)10(13)4-8)5-14-2-1-9(15)6-14/h3-4,9,15-16H,1-2,5-6H2/t9-/m1/s1. The zero-order chi connectivity index (χ0) is 11.7. The number of nitrogens with zero attached hydrogens (tertiary/aromatic N) is 1. The number of rotatable bonds is 2. The predicted octanol–water partition coefficient (Wildman–Crippen LogP) is 2.27. The average molecular weight is 262 g/mol. The normalized spacial score (nSPS) is 21.6. The molecule has 3 nitrogen and oxygen atoms in total. The molecule has 1 fully saturated rings. The SMILES string of the molecule is Oc1c(Cl)cc(Cl)cc1CN1CC[C@@H](O)C1. The first-order valence-electron chi connectivity index (χ1n) is 5.13. The Morgan fingerprint density at radius 1 is 1.38 bits per heavy atom. The van der Waals surface area contributed by atoms with Gasteiger partial charge < -0.3 is 10.2 Å². The molecule has 0 bridgehead atoms. The molecular formula is C11H13Cl2NO2. The van der Waals surface area contributed by atoms with Crippen molar-refractivity contribution in [3.63, 3.8) is 0 Å². The highest BCUT2D eigenvalue weighted by Crippen LogP contribution is 2.32. The second-order valence-corrected chi connectivity index (χ2v) is 4.92. The number of aliphatic hydroxyl groups excluding tert-OH is 1. The number of likely N-dealkylation sites (tertiary alicyclic amines) is 1. The van der Waals surface area contributed by atoms with Crippen LogP contribution in [-0.4, -0.2) is 34.3 Å². The highest BCUT2D eigenvalue weighted by molar-refractivity contribution is 6.35. The molecule has 0 aromatic heterocycles. The summed E-state index contributed by atoms with van der Waals surface area (Å²) in [7, 11) is 0. The predicted molar refractivity (Wildman–Crippen MR) is 64.0 cm³/mol. The van der Waals surface area contributed by atoms with E-state index in [1.54, 1.807) is 6.07 Å². The number of β-amino-alcohol motifs (C(OH)–C–C–N with tert-alkyl or cyclic N) is 1. The molecule has 1 heterocycles. The van der Waals surface area contributed by atoms with Crippen molar-refractivity contribution in [2.45, 2.75) is 19.1 Å². The summed E-state index contributed by atoms with van der Waals surface area (Å²) in [5, 5.41) is 19.9. The molecule has 1 aromatic rings. The molecule has 2 N–H and O–H groups in total. The number of aliphatic hydroxyl groups is 1. The van der Waals surface area contributed by atoms with Crippen LogP contribution in [0.25, 0.3) is 0 Å². The Morgan fingerprint density at radius 3 is 2.75 bits per heavy atom. The lowest BCUT2D eigenvalue weighted by Crippen LogP contribution is -2.21. The van der Waals surface area contributed by atoms with Crippen LogP contribution >= 0.6 is 23.2 Å². The molecule has 0 aliphatic carbocycles. The van der Waals surface area contributed by atoms with E-state index in [1.165, 1.54) is 6.07 Å². The largest absolute Gasteiger partial charge is 0.506 e. The Bertz CT molecular complexity index is 398. The fourth-order valence-corrected chi connectivity index (χ4v) is 2.47. The number of phenols is 1. The first kappa shape index (κ1) is 12.0. The monoisotopic (exact) mass is 261 g/mol. The van der Waals surface area contributed by atoms with Gasteiger partial charge in [-0.05, 0) is 18.6 Å². The fraction of sp³-hybridized carbons (Fsp3) is 0.455. The molecule has 1 atom stereocenters. The van der Waals surface area contributed by atoms with Crippen LogP contribution in [0.4, 0.5) is 0 Å². The summed E-state index contributed by atoms with van der Waals surface area (Å²) in [6, 6.07) is 3.22. The lowest BCUT2D eigenvalue weighted by molar-refractivity contribution is 0.174. The van der Waals surface area contributed by atoms with Gasteiger partial charge in [0.15, 0.2) is 0 Å².